The summed E-state index contributed by atoms with van der Waals surface area (Å²) in [5.41, 5.74) is 4.35. The van der Waals surface area contributed by atoms with Gasteiger partial charge in [0, 0.05) is 29.1 Å². The number of nitrogens with zero attached hydrogens (tertiary/aromatic N) is 2. The van der Waals surface area contributed by atoms with E-state index in [1.54, 1.807) is 0 Å². The molecule has 170 valence electrons. The minimum Gasteiger partial charge on any atom is -0.356 e. The molecule has 0 unspecified atom stereocenters. The predicted molar refractivity (Wildman–Crippen MR) is 132 cm³/mol. The normalized spacial score (nSPS) is 23.1. The molecule has 5 heteroatoms. The molecular formula is C29H27N3O2. The Labute approximate surface area is 198 Å². The molecule has 1 aromatic heterocycles. The van der Waals surface area contributed by atoms with Crippen LogP contribution in [0.3, 0.4) is 0 Å². The van der Waals surface area contributed by atoms with Gasteiger partial charge in [0.05, 0.1) is 6.04 Å². The minimum atomic E-state index is -0.461. The molecule has 1 N–H and O–H groups in total. The lowest BCUT2D eigenvalue weighted by molar-refractivity contribution is -0.160. The van der Waals surface area contributed by atoms with Gasteiger partial charge in [-0.15, -0.1) is 0 Å². The molecule has 2 amide bonds. The van der Waals surface area contributed by atoms with E-state index < -0.39 is 6.04 Å². The number of hydrogen-bond donors (Lipinski definition) is 1. The Bertz CT molecular complexity index is 1440. The lowest BCUT2D eigenvalue weighted by atomic mass is 9.84. The molecule has 2 aliphatic heterocycles. The standard InChI is InChI=1S/C29H27N3O2/c33-26-17-31(19-10-2-3-11-19)29(34)25-16-23-21-13-5-6-15-24(21)30-27(23)28(32(25)26)22-14-7-9-18-8-1-4-12-20(18)22/h1,4-9,12-15,19,25,28,30H,2-3,10-11,16-17H2/t25-,28-/m0/s1. The van der Waals surface area contributed by atoms with Crippen molar-refractivity contribution in [2.24, 2.45) is 0 Å². The van der Waals surface area contributed by atoms with Gasteiger partial charge >= 0.3 is 0 Å². The minimum absolute atomic E-state index is 0.0544. The van der Waals surface area contributed by atoms with Gasteiger partial charge < -0.3 is 14.8 Å². The smallest absolute Gasteiger partial charge is 0.246 e. The zero-order valence-corrected chi connectivity index (χ0v) is 19.0. The van der Waals surface area contributed by atoms with Crippen molar-refractivity contribution in [2.75, 3.05) is 6.54 Å². The highest BCUT2D eigenvalue weighted by Gasteiger charge is 2.49. The van der Waals surface area contributed by atoms with E-state index >= 15 is 0 Å². The summed E-state index contributed by atoms with van der Waals surface area (Å²) in [5.74, 6) is 0.173. The van der Waals surface area contributed by atoms with Gasteiger partial charge in [-0.2, -0.15) is 0 Å². The fourth-order valence-corrected chi connectivity index (χ4v) is 6.62. The monoisotopic (exact) mass is 449 g/mol. The summed E-state index contributed by atoms with van der Waals surface area (Å²) in [6, 6.07) is 22.3. The predicted octanol–water partition coefficient (Wildman–Crippen LogP) is 4.95. The fourth-order valence-electron chi connectivity index (χ4n) is 6.62. The van der Waals surface area contributed by atoms with Gasteiger partial charge in [0.25, 0.3) is 0 Å². The number of benzene rings is 3. The third-order valence-corrected chi connectivity index (χ3v) is 8.18. The van der Waals surface area contributed by atoms with Crippen LogP contribution in [-0.2, 0) is 16.0 Å². The maximum Gasteiger partial charge on any atom is 0.246 e. The first-order chi connectivity index (χ1) is 16.7. The van der Waals surface area contributed by atoms with Crippen LogP contribution in [0.4, 0.5) is 0 Å². The molecule has 0 spiro atoms. The number of carbonyl (C=O) groups is 2. The van der Waals surface area contributed by atoms with Crippen LogP contribution in [0.2, 0.25) is 0 Å². The second-order valence-electron chi connectivity index (χ2n) is 9.96. The highest BCUT2D eigenvalue weighted by atomic mass is 16.2. The Hall–Kier alpha value is -3.60. The first-order valence-electron chi connectivity index (χ1n) is 12.4. The average molecular weight is 450 g/mol. The molecule has 34 heavy (non-hydrogen) atoms. The van der Waals surface area contributed by atoms with Crippen molar-refractivity contribution in [3.05, 3.63) is 83.6 Å². The van der Waals surface area contributed by atoms with Crippen LogP contribution in [0.25, 0.3) is 21.7 Å². The highest BCUT2D eigenvalue weighted by molar-refractivity contribution is 5.98. The molecule has 3 heterocycles. The summed E-state index contributed by atoms with van der Waals surface area (Å²) >= 11 is 0. The van der Waals surface area contributed by atoms with E-state index in [4.69, 9.17) is 0 Å². The zero-order chi connectivity index (χ0) is 22.8. The van der Waals surface area contributed by atoms with Crippen LogP contribution >= 0.6 is 0 Å². The molecule has 3 aliphatic rings. The highest BCUT2D eigenvalue weighted by Crippen LogP contribution is 2.44. The first-order valence-corrected chi connectivity index (χ1v) is 12.4. The topological polar surface area (TPSA) is 56.4 Å². The average Bonchev–Trinajstić information content (AvgIpc) is 3.53. The number of rotatable bonds is 2. The molecule has 1 saturated carbocycles. The maximum absolute atomic E-state index is 13.9. The van der Waals surface area contributed by atoms with Crippen LogP contribution in [0.15, 0.2) is 66.7 Å². The summed E-state index contributed by atoms with van der Waals surface area (Å²) in [6.45, 7) is 0.191. The van der Waals surface area contributed by atoms with E-state index in [0.29, 0.717) is 6.42 Å². The van der Waals surface area contributed by atoms with Crippen molar-refractivity contribution < 1.29 is 9.59 Å². The van der Waals surface area contributed by atoms with Gasteiger partial charge in [-0.3, -0.25) is 9.59 Å². The molecule has 5 nitrogen and oxygen atoms in total. The lowest BCUT2D eigenvalue weighted by Crippen LogP contribution is -2.64. The lowest BCUT2D eigenvalue weighted by Gasteiger charge is -2.48. The number of amides is 2. The largest absolute Gasteiger partial charge is 0.356 e. The molecule has 1 aliphatic carbocycles. The maximum atomic E-state index is 13.9. The summed E-state index contributed by atoms with van der Waals surface area (Å²) in [4.78, 5) is 35.2. The quantitative estimate of drug-likeness (QED) is 0.471. The molecule has 4 aromatic rings. The number of H-pyrrole nitrogens is 1. The van der Waals surface area contributed by atoms with E-state index in [1.165, 1.54) is 5.56 Å². The van der Waals surface area contributed by atoms with E-state index in [-0.39, 0.29) is 30.4 Å². The van der Waals surface area contributed by atoms with E-state index in [1.807, 2.05) is 28.0 Å². The van der Waals surface area contributed by atoms with Crippen LogP contribution in [0.1, 0.15) is 48.5 Å². The number of aromatic nitrogens is 1. The Balaban J connectivity index is 1.45. The van der Waals surface area contributed by atoms with Gasteiger partial charge in [0.15, 0.2) is 0 Å². The van der Waals surface area contributed by atoms with E-state index in [9.17, 15) is 9.59 Å². The summed E-state index contributed by atoms with van der Waals surface area (Å²) in [5, 5.41) is 3.42. The molecular weight excluding hydrogens is 422 g/mol. The zero-order valence-electron chi connectivity index (χ0n) is 19.0. The Kier molecular flexibility index (Phi) is 4.35. The molecule has 2 fully saturated rings. The number of nitrogens with one attached hydrogen (secondary N) is 1. The molecule has 1 saturated heterocycles. The number of aromatic amines is 1. The molecule has 0 radical (unpaired) electrons. The summed E-state index contributed by atoms with van der Waals surface area (Å²) < 4.78 is 0. The van der Waals surface area contributed by atoms with Crippen LogP contribution in [0.5, 0.6) is 0 Å². The van der Waals surface area contributed by atoms with Crippen LogP contribution in [-0.4, -0.2) is 45.2 Å². The van der Waals surface area contributed by atoms with Crippen LogP contribution < -0.4 is 0 Å². The SMILES string of the molecule is O=C1[C@@H]2Cc3c([nH]c4ccccc34)[C@H](c3cccc4ccccc34)N2C(=O)CN1C1CCCC1. The summed E-state index contributed by atoms with van der Waals surface area (Å²) in [7, 11) is 0. The van der Waals surface area contributed by atoms with Crippen molar-refractivity contribution in [2.45, 2.75) is 50.2 Å². The Morgan fingerprint density at radius 1 is 0.824 bits per heavy atom. The van der Waals surface area contributed by atoms with Crippen molar-refractivity contribution in [1.29, 1.82) is 0 Å². The van der Waals surface area contributed by atoms with Crippen molar-refractivity contribution in [3.63, 3.8) is 0 Å². The van der Waals surface area contributed by atoms with Crippen molar-refractivity contribution in [1.82, 2.24) is 14.8 Å². The number of hydrogen-bond acceptors (Lipinski definition) is 2. The van der Waals surface area contributed by atoms with Crippen molar-refractivity contribution in [3.8, 4) is 0 Å². The second kappa shape index (κ2) is 7.45. The number of fused-ring (bicyclic) bond motifs is 5. The van der Waals surface area contributed by atoms with Gasteiger partial charge in [-0.25, -0.2) is 0 Å². The van der Waals surface area contributed by atoms with E-state index in [0.717, 1.165) is 58.6 Å². The number of piperazine rings is 1. The van der Waals surface area contributed by atoms with Gasteiger partial charge in [-0.05, 0) is 40.8 Å². The van der Waals surface area contributed by atoms with Gasteiger partial charge in [0.1, 0.15) is 12.6 Å². The molecule has 2 atom stereocenters. The Morgan fingerprint density at radius 3 is 2.41 bits per heavy atom. The second-order valence-corrected chi connectivity index (χ2v) is 9.96. The van der Waals surface area contributed by atoms with Gasteiger partial charge in [0.2, 0.25) is 11.8 Å². The van der Waals surface area contributed by atoms with Gasteiger partial charge in [-0.1, -0.05) is 73.5 Å². The third-order valence-electron chi connectivity index (χ3n) is 8.18. The molecule has 0 bridgehead atoms. The molecule has 3 aromatic carbocycles. The molecule has 7 rings (SSSR count). The van der Waals surface area contributed by atoms with E-state index in [2.05, 4.69) is 53.5 Å². The van der Waals surface area contributed by atoms with Crippen LogP contribution in [0, 0.1) is 0 Å². The number of carbonyl (C=O) groups excluding carboxylic acids is 2. The fraction of sp³-hybridized carbons (Fsp3) is 0.310. The van der Waals surface area contributed by atoms with Crippen molar-refractivity contribution >= 4 is 33.5 Å². The summed E-state index contributed by atoms with van der Waals surface area (Å²) in [6.07, 6.45) is 4.87. The first kappa shape index (κ1) is 19.8. The number of para-hydroxylation sites is 1. The Morgan fingerprint density at radius 2 is 1.56 bits per heavy atom. The third kappa shape index (κ3) is 2.79.